The number of anilines is 6. The first-order valence-corrected chi connectivity index (χ1v) is 21.9. The van der Waals surface area contributed by atoms with E-state index in [9.17, 15) is 0 Å². The first kappa shape index (κ1) is 37.7. The Morgan fingerprint density at radius 1 is 0.453 bits per heavy atom. The molecule has 11 aromatic rings. The van der Waals surface area contributed by atoms with Crippen molar-refractivity contribution in [3.8, 4) is 16.8 Å². The van der Waals surface area contributed by atoms with Gasteiger partial charge in [0.15, 0.2) is 0 Å². The number of fused-ring (bicyclic) bond motifs is 12. The molecule has 0 N–H and O–H groups in total. The van der Waals surface area contributed by atoms with Crippen molar-refractivity contribution in [1.29, 1.82) is 0 Å². The topological polar surface area (TPSA) is 50.1 Å². The van der Waals surface area contributed by atoms with E-state index in [4.69, 9.17) is 15.0 Å². The fourth-order valence-corrected chi connectivity index (χ4v) is 10.2. The van der Waals surface area contributed by atoms with Crippen LogP contribution in [0, 0.1) is 13.8 Å². The van der Waals surface area contributed by atoms with E-state index in [-0.39, 0.29) is 5.41 Å². The molecule has 6 heteroatoms. The third-order valence-corrected chi connectivity index (χ3v) is 13.2. The van der Waals surface area contributed by atoms with Crippen molar-refractivity contribution in [2.45, 2.75) is 33.1 Å². The summed E-state index contributed by atoms with van der Waals surface area (Å²) in [5, 5.41) is 7.08. The molecule has 0 atom stereocenters. The molecule has 1 aliphatic carbocycles. The second-order valence-corrected chi connectivity index (χ2v) is 17.4. The largest absolute Gasteiger partial charge is 0.309 e. The summed E-state index contributed by atoms with van der Waals surface area (Å²) in [4.78, 5) is 19.5. The maximum atomic E-state index is 5.13. The quantitative estimate of drug-likeness (QED) is 0.150. The summed E-state index contributed by atoms with van der Waals surface area (Å²) in [6.07, 6.45) is 5.92. The second-order valence-electron chi connectivity index (χ2n) is 17.4. The molecule has 0 aliphatic heterocycles. The van der Waals surface area contributed by atoms with Crippen molar-refractivity contribution < 1.29 is 0 Å². The molecule has 1 aliphatic rings. The monoisotopic (exact) mass is 824 g/mol. The van der Waals surface area contributed by atoms with Crippen LogP contribution in [0.5, 0.6) is 0 Å². The van der Waals surface area contributed by atoms with Gasteiger partial charge in [-0.25, -0.2) is 0 Å². The fourth-order valence-electron chi connectivity index (χ4n) is 10.2. The highest BCUT2D eigenvalue weighted by Gasteiger charge is 2.41. The zero-order chi connectivity index (χ0) is 43.1. The van der Waals surface area contributed by atoms with Crippen LogP contribution < -0.4 is 9.80 Å². The molecule has 0 amide bonds. The van der Waals surface area contributed by atoms with Crippen LogP contribution in [-0.4, -0.2) is 19.5 Å². The van der Waals surface area contributed by atoms with Gasteiger partial charge in [-0.15, -0.1) is 0 Å². The predicted octanol–water partition coefficient (Wildman–Crippen LogP) is 15.1. The summed E-state index contributed by atoms with van der Waals surface area (Å²) in [6.45, 7) is 8.72. The van der Waals surface area contributed by atoms with Gasteiger partial charge in [0.1, 0.15) is 0 Å². The molecule has 7 aromatic carbocycles. The van der Waals surface area contributed by atoms with E-state index in [0.717, 1.165) is 67.9 Å². The Labute approximate surface area is 372 Å². The van der Waals surface area contributed by atoms with Crippen LogP contribution in [-0.2, 0) is 5.41 Å². The van der Waals surface area contributed by atoms with E-state index in [0.29, 0.717) is 0 Å². The van der Waals surface area contributed by atoms with Crippen molar-refractivity contribution in [2.75, 3.05) is 9.80 Å². The maximum Gasteiger partial charge on any atom is 0.0645 e. The lowest BCUT2D eigenvalue weighted by Gasteiger charge is -2.29. The summed E-state index contributed by atoms with van der Waals surface area (Å²) < 4.78 is 2.55. The molecule has 0 unspecified atom stereocenters. The second kappa shape index (κ2) is 14.5. The zero-order valence-electron chi connectivity index (χ0n) is 36.2. The van der Waals surface area contributed by atoms with Gasteiger partial charge in [0.05, 0.1) is 46.2 Å². The molecule has 0 bridgehead atoms. The van der Waals surface area contributed by atoms with Crippen LogP contribution in [0.1, 0.15) is 36.5 Å². The third-order valence-electron chi connectivity index (χ3n) is 13.2. The fraction of sp³-hybridized carbons (Fsp3) is 0.0862. The summed E-state index contributed by atoms with van der Waals surface area (Å²) in [7, 11) is 0. The Hall–Kier alpha value is -8.09. The minimum absolute atomic E-state index is 0.383. The number of para-hydroxylation sites is 3. The lowest BCUT2D eigenvalue weighted by molar-refractivity contribution is 0.637. The average Bonchev–Trinajstić information content (AvgIpc) is 3.81. The Balaban J connectivity index is 1.30. The molecular formula is C58H44N6. The van der Waals surface area contributed by atoms with E-state index in [1.54, 1.807) is 0 Å². The molecule has 0 saturated carbocycles. The van der Waals surface area contributed by atoms with Crippen molar-refractivity contribution in [3.63, 3.8) is 0 Å². The van der Waals surface area contributed by atoms with E-state index in [1.165, 1.54) is 49.0 Å². The number of rotatable bonds is 7. The zero-order valence-corrected chi connectivity index (χ0v) is 36.2. The van der Waals surface area contributed by atoms with Gasteiger partial charge in [0, 0.05) is 73.0 Å². The molecule has 4 aromatic heterocycles. The molecule has 0 spiro atoms. The molecule has 0 fully saturated rings. The standard InChI is InChI=1S/C58H44N6/c1-37-26-28-43(35-60-37)62(39-17-8-5-9-18-39)42-30-31-47-49(33-42)45-23-14-15-24-46(45)53-54-51(63(40-19-10-6-11-20-40)44-29-27-38(2)61-36-44)34-50-52(48-25-16-32-59-57(48)58(50,3)4)56(54)64(55(47)53)41-21-12-7-13-22-41/h5-36H,1-4H3. The summed E-state index contributed by atoms with van der Waals surface area (Å²) in [5.74, 6) is 0. The number of pyridine rings is 3. The maximum absolute atomic E-state index is 5.13. The Morgan fingerprint density at radius 2 is 1.05 bits per heavy atom. The van der Waals surface area contributed by atoms with Gasteiger partial charge in [-0.3, -0.25) is 15.0 Å². The number of aryl methyl sites for hydroxylation is 2. The van der Waals surface area contributed by atoms with E-state index < -0.39 is 0 Å². The number of aromatic nitrogens is 4. The molecule has 0 radical (unpaired) electrons. The van der Waals surface area contributed by atoms with Crippen LogP contribution in [0.25, 0.3) is 60.2 Å². The van der Waals surface area contributed by atoms with Gasteiger partial charge < -0.3 is 14.4 Å². The van der Waals surface area contributed by atoms with Crippen LogP contribution in [0.4, 0.5) is 34.1 Å². The van der Waals surface area contributed by atoms with Gasteiger partial charge in [0.2, 0.25) is 0 Å². The number of nitrogens with zero attached hydrogens (tertiary/aromatic N) is 6. The molecule has 64 heavy (non-hydrogen) atoms. The molecule has 306 valence electrons. The lowest BCUT2D eigenvalue weighted by Crippen LogP contribution is -2.18. The van der Waals surface area contributed by atoms with Crippen LogP contribution in [0.15, 0.2) is 195 Å². The van der Waals surface area contributed by atoms with E-state index >= 15 is 0 Å². The van der Waals surface area contributed by atoms with E-state index in [2.05, 4.69) is 204 Å². The van der Waals surface area contributed by atoms with Crippen molar-refractivity contribution in [2.24, 2.45) is 0 Å². The minimum Gasteiger partial charge on any atom is -0.309 e. The van der Waals surface area contributed by atoms with Crippen LogP contribution in [0.2, 0.25) is 0 Å². The van der Waals surface area contributed by atoms with Gasteiger partial charge in [-0.2, -0.15) is 0 Å². The summed E-state index contributed by atoms with van der Waals surface area (Å²) in [5.41, 5.74) is 16.0. The molecule has 12 rings (SSSR count). The third kappa shape index (κ3) is 5.69. The van der Waals surface area contributed by atoms with Gasteiger partial charge in [-0.1, -0.05) is 105 Å². The minimum atomic E-state index is -0.383. The smallest absolute Gasteiger partial charge is 0.0645 e. The summed E-state index contributed by atoms with van der Waals surface area (Å²) in [6, 6.07) is 63.5. The molecule has 6 nitrogen and oxygen atoms in total. The first-order valence-electron chi connectivity index (χ1n) is 21.9. The van der Waals surface area contributed by atoms with E-state index in [1.807, 2.05) is 32.4 Å². The predicted molar refractivity (Wildman–Crippen MR) is 266 cm³/mol. The van der Waals surface area contributed by atoms with Gasteiger partial charge >= 0.3 is 0 Å². The highest BCUT2D eigenvalue weighted by atomic mass is 15.2. The van der Waals surface area contributed by atoms with Crippen molar-refractivity contribution >= 4 is 77.5 Å². The normalized spacial score (nSPS) is 12.8. The highest BCUT2D eigenvalue weighted by molar-refractivity contribution is 6.36. The van der Waals surface area contributed by atoms with Crippen LogP contribution >= 0.6 is 0 Å². The molecule has 0 saturated heterocycles. The van der Waals surface area contributed by atoms with Crippen molar-refractivity contribution in [1.82, 2.24) is 19.5 Å². The summed E-state index contributed by atoms with van der Waals surface area (Å²) >= 11 is 0. The van der Waals surface area contributed by atoms with Gasteiger partial charge in [-0.05, 0) is 120 Å². The number of benzene rings is 7. The van der Waals surface area contributed by atoms with Gasteiger partial charge in [0.25, 0.3) is 0 Å². The first-order chi connectivity index (χ1) is 31.4. The Morgan fingerprint density at radius 3 is 1.70 bits per heavy atom. The average molecular weight is 825 g/mol. The highest BCUT2D eigenvalue weighted by Crippen LogP contribution is 2.57. The number of hydrogen-bond acceptors (Lipinski definition) is 5. The molecule has 4 heterocycles. The van der Waals surface area contributed by atoms with Crippen LogP contribution in [0.3, 0.4) is 0 Å². The SMILES string of the molecule is Cc1ccc(N(c2ccccc2)c2ccc3c(c2)c2ccccc2c2c4c(N(c5ccccc5)c5ccc(C)nc5)cc5c(c4n(-c4ccccc4)c32)-c2cccnc2C5(C)C)cn1. The Bertz CT molecular complexity index is 3580. The number of hydrogen-bond donors (Lipinski definition) is 0. The Kier molecular flexibility index (Phi) is 8.53. The van der Waals surface area contributed by atoms with Crippen molar-refractivity contribution in [3.05, 3.63) is 217 Å². The lowest BCUT2D eigenvalue weighted by atomic mass is 9.84. The molecular weight excluding hydrogens is 781 g/mol.